The fourth-order valence-electron chi connectivity index (χ4n) is 1.28. The molecule has 0 atom stereocenters. The predicted molar refractivity (Wildman–Crippen MR) is 68.9 cm³/mol. The molecule has 0 aliphatic heterocycles. The van der Waals surface area contributed by atoms with E-state index in [1.54, 1.807) is 18.0 Å². The van der Waals surface area contributed by atoms with Crippen LogP contribution in [0, 0.1) is 0 Å². The first kappa shape index (κ1) is 12.1. The zero-order valence-corrected chi connectivity index (χ0v) is 11.1. The first-order valence-corrected chi connectivity index (χ1v) is 6.49. The monoisotopic (exact) mass is 248 g/mol. The van der Waals surface area contributed by atoms with Crippen molar-refractivity contribution >= 4 is 11.8 Å². The van der Waals surface area contributed by atoms with Crippen LogP contribution in [0.4, 0.5) is 0 Å². The number of nitrogens with one attached hydrogen (secondary N) is 1. The maximum absolute atomic E-state index is 4.47. The van der Waals surface area contributed by atoms with Crippen molar-refractivity contribution in [3.05, 3.63) is 35.9 Å². The quantitative estimate of drug-likeness (QED) is 0.849. The van der Waals surface area contributed by atoms with Crippen molar-refractivity contribution in [2.75, 3.05) is 0 Å². The Morgan fingerprint density at radius 1 is 1.35 bits per heavy atom. The van der Waals surface area contributed by atoms with Crippen LogP contribution in [0.15, 0.2) is 29.7 Å². The van der Waals surface area contributed by atoms with E-state index in [1.807, 2.05) is 12.3 Å². The van der Waals surface area contributed by atoms with Crippen LogP contribution in [0.3, 0.4) is 0 Å². The minimum absolute atomic E-state index is 0.0140. The fourth-order valence-corrected chi connectivity index (χ4v) is 2.01. The topological polar surface area (TPSA) is 54.5 Å². The average molecular weight is 248 g/mol. The third-order valence-electron chi connectivity index (χ3n) is 2.27. The molecule has 17 heavy (non-hydrogen) atoms. The van der Waals surface area contributed by atoms with Crippen molar-refractivity contribution in [3.8, 4) is 0 Å². The van der Waals surface area contributed by atoms with E-state index in [9.17, 15) is 0 Å². The number of aromatic nitrogens is 4. The third kappa shape index (κ3) is 3.30. The van der Waals surface area contributed by atoms with Gasteiger partial charge in [-0.2, -0.15) is 0 Å². The lowest BCUT2D eigenvalue weighted by Crippen LogP contribution is -2.13. The maximum atomic E-state index is 4.47. The zero-order chi connectivity index (χ0) is 12.3. The Labute approximate surface area is 105 Å². The van der Waals surface area contributed by atoms with E-state index in [2.05, 4.69) is 47.0 Å². The summed E-state index contributed by atoms with van der Waals surface area (Å²) < 4.78 is 0. The third-order valence-corrected chi connectivity index (χ3v) is 3.18. The summed E-state index contributed by atoms with van der Waals surface area (Å²) in [5, 5.41) is 7.98. The van der Waals surface area contributed by atoms with Crippen molar-refractivity contribution in [1.29, 1.82) is 0 Å². The molecule has 0 aliphatic rings. The molecule has 0 aliphatic carbocycles. The van der Waals surface area contributed by atoms with Crippen LogP contribution in [0.2, 0.25) is 0 Å². The first-order chi connectivity index (χ1) is 8.05. The number of nitrogens with zero attached hydrogens (tertiary/aromatic N) is 3. The van der Waals surface area contributed by atoms with Gasteiger partial charge in [0.25, 0.3) is 0 Å². The number of pyridine rings is 1. The van der Waals surface area contributed by atoms with Crippen LogP contribution >= 0.6 is 11.8 Å². The van der Waals surface area contributed by atoms with E-state index in [0.29, 0.717) is 0 Å². The molecule has 0 bridgehead atoms. The molecular formula is C12H16N4S. The normalized spacial score (nSPS) is 11.7. The van der Waals surface area contributed by atoms with Gasteiger partial charge < -0.3 is 0 Å². The second-order valence-corrected chi connectivity index (χ2v) is 5.81. The predicted octanol–water partition coefficient (Wildman–Crippen LogP) is 2.79. The summed E-state index contributed by atoms with van der Waals surface area (Å²) in [6.45, 7) is 6.34. The second kappa shape index (κ2) is 4.87. The number of hydrogen-bond donors (Lipinski definition) is 1. The van der Waals surface area contributed by atoms with Crippen LogP contribution in [0.1, 0.15) is 32.2 Å². The number of hydrogen-bond acceptors (Lipinski definition) is 4. The molecule has 0 radical (unpaired) electrons. The molecule has 1 N–H and O–H groups in total. The Balaban J connectivity index is 1.99. The lowest BCUT2D eigenvalue weighted by molar-refractivity contribution is 0.547. The molecule has 90 valence electrons. The lowest BCUT2D eigenvalue weighted by Gasteiger charge is -2.12. The van der Waals surface area contributed by atoms with E-state index in [1.165, 1.54) is 5.56 Å². The molecule has 0 amide bonds. The molecule has 2 rings (SSSR count). The molecule has 0 aromatic carbocycles. The van der Waals surface area contributed by atoms with Crippen molar-refractivity contribution in [2.24, 2.45) is 0 Å². The average Bonchev–Trinajstić information content (AvgIpc) is 2.76. The smallest absolute Gasteiger partial charge is 0.208 e. The van der Waals surface area contributed by atoms with Crippen molar-refractivity contribution in [3.63, 3.8) is 0 Å². The number of rotatable bonds is 3. The second-order valence-electron chi connectivity index (χ2n) is 4.87. The van der Waals surface area contributed by atoms with Gasteiger partial charge in [-0.05, 0) is 11.6 Å². The summed E-state index contributed by atoms with van der Waals surface area (Å²) in [6, 6.07) is 3.99. The van der Waals surface area contributed by atoms with E-state index in [4.69, 9.17) is 0 Å². The highest BCUT2D eigenvalue weighted by molar-refractivity contribution is 7.98. The Morgan fingerprint density at radius 2 is 2.18 bits per heavy atom. The number of H-pyrrole nitrogens is 1. The summed E-state index contributed by atoms with van der Waals surface area (Å²) in [6.07, 6.45) is 3.64. The molecular weight excluding hydrogens is 232 g/mol. The van der Waals surface area contributed by atoms with Crippen LogP contribution in [-0.2, 0) is 11.2 Å². The largest absolute Gasteiger partial charge is 0.264 e. The summed E-state index contributed by atoms with van der Waals surface area (Å²) in [5.74, 6) is 1.76. The van der Waals surface area contributed by atoms with E-state index in [0.717, 1.165) is 16.7 Å². The lowest BCUT2D eigenvalue weighted by atomic mass is 9.96. The highest BCUT2D eigenvalue weighted by Gasteiger charge is 2.18. The molecule has 0 fully saturated rings. The van der Waals surface area contributed by atoms with E-state index < -0.39 is 0 Å². The molecule has 2 aromatic rings. The molecule has 5 heteroatoms. The van der Waals surface area contributed by atoms with Crippen LogP contribution in [0.25, 0.3) is 0 Å². The van der Waals surface area contributed by atoms with Gasteiger partial charge in [0.1, 0.15) is 5.82 Å². The van der Waals surface area contributed by atoms with Crippen molar-refractivity contribution in [1.82, 2.24) is 20.2 Å². The van der Waals surface area contributed by atoms with Gasteiger partial charge in [0.05, 0.1) is 0 Å². The highest BCUT2D eigenvalue weighted by Crippen LogP contribution is 2.23. The van der Waals surface area contributed by atoms with Crippen LogP contribution in [-0.4, -0.2) is 20.2 Å². The van der Waals surface area contributed by atoms with Gasteiger partial charge in [-0.25, -0.2) is 4.98 Å². The zero-order valence-electron chi connectivity index (χ0n) is 10.3. The van der Waals surface area contributed by atoms with Gasteiger partial charge >= 0.3 is 0 Å². The maximum Gasteiger partial charge on any atom is 0.208 e. The van der Waals surface area contributed by atoms with Gasteiger partial charge in [-0.15, -0.1) is 5.10 Å². The number of thioether (sulfide) groups is 1. The van der Waals surface area contributed by atoms with Gasteiger partial charge in [0.15, 0.2) is 0 Å². The molecule has 0 saturated carbocycles. The minimum Gasteiger partial charge on any atom is -0.264 e. The highest BCUT2D eigenvalue weighted by atomic mass is 32.2. The fraction of sp³-hybridized carbons (Fsp3) is 0.417. The Kier molecular flexibility index (Phi) is 3.47. The van der Waals surface area contributed by atoms with Crippen molar-refractivity contribution < 1.29 is 0 Å². The summed E-state index contributed by atoms with van der Waals surface area (Å²) in [4.78, 5) is 8.55. The van der Waals surface area contributed by atoms with Gasteiger partial charge in [-0.3, -0.25) is 10.1 Å². The Bertz CT molecular complexity index is 473. The summed E-state index contributed by atoms with van der Waals surface area (Å²) in [7, 11) is 0. The molecule has 0 spiro atoms. The molecule has 2 heterocycles. The number of aromatic amines is 1. The Hall–Kier alpha value is -1.36. The SMILES string of the molecule is CC(C)(C)c1nc(SCc2cccnc2)n[nH]1. The van der Waals surface area contributed by atoms with Crippen LogP contribution in [0.5, 0.6) is 0 Å². The van der Waals surface area contributed by atoms with Gasteiger partial charge in [0.2, 0.25) is 5.16 Å². The van der Waals surface area contributed by atoms with Gasteiger partial charge in [-0.1, -0.05) is 38.6 Å². The van der Waals surface area contributed by atoms with E-state index in [-0.39, 0.29) is 5.41 Å². The van der Waals surface area contributed by atoms with Gasteiger partial charge in [0, 0.05) is 23.6 Å². The molecule has 4 nitrogen and oxygen atoms in total. The molecule has 0 unspecified atom stereocenters. The standard InChI is InChI=1S/C12H16N4S/c1-12(2,3)10-14-11(16-15-10)17-8-9-5-4-6-13-7-9/h4-7H,8H2,1-3H3,(H,14,15,16). The molecule has 0 saturated heterocycles. The summed E-state index contributed by atoms with van der Waals surface area (Å²) >= 11 is 1.62. The first-order valence-electron chi connectivity index (χ1n) is 5.50. The van der Waals surface area contributed by atoms with Crippen LogP contribution < -0.4 is 0 Å². The summed E-state index contributed by atoms with van der Waals surface area (Å²) in [5.41, 5.74) is 1.19. The molecule has 2 aromatic heterocycles. The Morgan fingerprint density at radius 3 is 2.76 bits per heavy atom. The minimum atomic E-state index is 0.0140. The van der Waals surface area contributed by atoms with Crippen molar-refractivity contribution in [2.45, 2.75) is 37.1 Å². The van der Waals surface area contributed by atoms with E-state index >= 15 is 0 Å².